The molecule has 8 heteroatoms. The molecule has 0 radical (unpaired) electrons. The highest BCUT2D eigenvalue weighted by atomic mass is 79.9. The fraction of sp³-hybridized carbons (Fsp3) is 0.200. The summed E-state index contributed by atoms with van der Waals surface area (Å²) in [6, 6.07) is 3.19. The Balaban J connectivity index is 2.72. The molecule has 0 aliphatic rings. The Morgan fingerprint density at radius 2 is 2.00 bits per heavy atom. The maximum absolute atomic E-state index is 11.8. The molecule has 18 heavy (non-hydrogen) atoms. The summed E-state index contributed by atoms with van der Waals surface area (Å²) in [5.74, 6) is -1.16. The third kappa shape index (κ3) is 4.66. The SMILES string of the molecule is O=C(NCC(F)F)Nc1cc(Br)cc(C(=O)O)c1. The number of alkyl halides is 2. The summed E-state index contributed by atoms with van der Waals surface area (Å²) in [5.41, 5.74) is 0.155. The summed E-state index contributed by atoms with van der Waals surface area (Å²) in [4.78, 5) is 21.9. The summed E-state index contributed by atoms with van der Waals surface area (Å²) in [5, 5.41) is 13.0. The molecule has 0 unspecified atom stereocenters. The van der Waals surface area contributed by atoms with E-state index in [1.165, 1.54) is 18.2 Å². The lowest BCUT2D eigenvalue weighted by atomic mass is 10.2. The molecule has 0 aliphatic heterocycles. The Morgan fingerprint density at radius 3 is 2.56 bits per heavy atom. The fourth-order valence-corrected chi connectivity index (χ4v) is 1.62. The normalized spacial score (nSPS) is 10.2. The van der Waals surface area contributed by atoms with E-state index in [1.54, 1.807) is 0 Å². The van der Waals surface area contributed by atoms with E-state index in [-0.39, 0.29) is 11.3 Å². The van der Waals surface area contributed by atoms with Crippen molar-refractivity contribution in [2.24, 2.45) is 0 Å². The second-order valence-corrected chi connectivity index (χ2v) is 4.18. The van der Waals surface area contributed by atoms with Crippen molar-refractivity contribution in [3.05, 3.63) is 28.2 Å². The molecule has 5 nitrogen and oxygen atoms in total. The number of urea groups is 1. The highest BCUT2D eigenvalue weighted by molar-refractivity contribution is 9.10. The van der Waals surface area contributed by atoms with Crippen LogP contribution in [0.4, 0.5) is 19.3 Å². The van der Waals surface area contributed by atoms with E-state index in [1.807, 2.05) is 5.32 Å². The lowest BCUT2D eigenvalue weighted by Gasteiger charge is -2.08. The Bertz CT molecular complexity index is 468. The van der Waals surface area contributed by atoms with Gasteiger partial charge in [-0.3, -0.25) is 0 Å². The third-order valence-electron chi connectivity index (χ3n) is 1.82. The van der Waals surface area contributed by atoms with Gasteiger partial charge in [0.25, 0.3) is 6.43 Å². The second kappa shape index (κ2) is 6.29. The van der Waals surface area contributed by atoms with E-state index in [0.29, 0.717) is 4.47 Å². The van der Waals surface area contributed by atoms with Gasteiger partial charge in [0.05, 0.1) is 12.1 Å². The molecule has 3 N–H and O–H groups in total. The first-order valence-corrected chi connectivity index (χ1v) is 5.54. The van der Waals surface area contributed by atoms with Gasteiger partial charge in [0.2, 0.25) is 0 Å². The summed E-state index contributed by atoms with van der Waals surface area (Å²) in [7, 11) is 0. The second-order valence-electron chi connectivity index (χ2n) is 3.26. The first-order chi connectivity index (χ1) is 8.38. The standard InChI is InChI=1S/C10H9BrF2N2O3/c11-6-1-5(9(16)17)2-7(3-6)15-10(18)14-4-8(12)13/h1-3,8H,4H2,(H,16,17)(H2,14,15,18). The number of rotatable bonds is 4. The van der Waals surface area contributed by atoms with Crippen LogP contribution < -0.4 is 10.6 Å². The van der Waals surface area contributed by atoms with Gasteiger partial charge in [-0.25, -0.2) is 18.4 Å². The van der Waals surface area contributed by atoms with E-state index in [0.717, 1.165) is 0 Å². The number of carbonyl (C=O) groups excluding carboxylic acids is 1. The lowest BCUT2D eigenvalue weighted by molar-refractivity contribution is 0.0696. The summed E-state index contributed by atoms with van der Waals surface area (Å²) >= 11 is 3.08. The molecule has 0 bridgehead atoms. The molecule has 0 atom stereocenters. The van der Waals surface area contributed by atoms with Crippen LogP contribution in [-0.2, 0) is 0 Å². The zero-order valence-corrected chi connectivity index (χ0v) is 10.5. The van der Waals surface area contributed by atoms with Gasteiger partial charge in [-0.05, 0) is 18.2 Å². The molecule has 0 heterocycles. The lowest BCUT2D eigenvalue weighted by Crippen LogP contribution is -2.32. The number of nitrogens with one attached hydrogen (secondary N) is 2. The average Bonchev–Trinajstić information content (AvgIpc) is 2.25. The number of aromatic carboxylic acids is 1. The van der Waals surface area contributed by atoms with Crippen molar-refractivity contribution >= 4 is 33.6 Å². The Morgan fingerprint density at radius 1 is 1.33 bits per heavy atom. The van der Waals surface area contributed by atoms with Crippen molar-refractivity contribution < 1.29 is 23.5 Å². The van der Waals surface area contributed by atoms with Gasteiger partial charge in [0, 0.05) is 10.2 Å². The minimum Gasteiger partial charge on any atom is -0.478 e. The predicted octanol–water partition coefficient (Wildman–Crippen LogP) is 2.53. The number of hydrogen-bond acceptors (Lipinski definition) is 2. The number of carboxylic acid groups (broad SMARTS) is 1. The van der Waals surface area contributed by atoms with Crippen LogP contribution in [0, 0.1) is 0 Å². The van der Waals surface area contributed by atoms with Crippen molar-refractivity contribution in [2.75, 3.05) is 11.9 Å². The smallest absolute Gasteiger partial charge is 0.335 e. The number of carbonyl (C=O) groups is 2. The quantitative estimate of drug-likeness (QED) is 0.797. The van der Waals surface area contributed by atoms with Crippen molar-refractivity contribution in [1.82, 2.24) is 5.32 Å². The number of anilines is 1. The number of hydrogen-bond donors (Lipinski definition) is 3. The fourth-order valence-electron chi connectivity index (χ4n) is 1.13. The maximum atomic E-state index is 11.8. The third-order valence-corrected chi connectivity index (χ3v) is 2.28. The van der Waals surface area contributed by atoms with E-state index >= 15 is 0 Å². The zero-order chi connectivity index (χ0) is 13.7. The number of amides is 2. The average molecular weight is 323 g/mol. The van der Waals surface area contributed by atoms with Gasteiger partial charge >= 0.3 is 12.0 Å². The van der Waals surface area contributed by atoms with E-state index < -0.39 is 25.0 Å². The van der Waals surface area contributed by atoms with Crippen molar-refractivity contribution in [2.45, 2.75) is 6.43 Å². The molecular formula is C10H9BrF2N2O3. The Labute approximate surface area is 109 Å². The van der Waals surface area contributed by atoms with Gasteiger partial charge < -0.3 is 15.7 Å². The van der Waals surface area contributed by atoms with Crippen LogP contribution in [-0.4, -0.2) is 30.1 Å². The molecule has 1 aromatic carbocycles. The summed E-state index contributed by atoms with van der Waals surface area (Å²) < 4.78 is 24.1. The molecule has 2 amide bonds. The molecule has 0 saturated carbocycles. The minimum atomic E-state index is -2.65. The van der Waals surface area contributed by atoms with E-state index in [4.69, 9.17) is 5.11 Å². The zero-order valence-electron chi connectivity index (χ0n) is 8.91. The maximum Gasteiger partial charge on any atom is 0.335 e. The number of benzene rings is 1. The van der Waals surface area contributed by atoms with Crippen LogP contribution in [0.5, 0.6) is 0 Å². The van der Waals surface area contributed by atoms with Crippen molar-refractivity contribution in [1.29, 1.82) is 0 Å². The minimum absolute atomic E-state index is 0.0338. The van der Waals surface area contributed by atoms with Gasteiger partial charge in [0.15, 0.2) is 0 Å². The van der Waals surface area contributed by atoms with Crippen LogP contribution in [0.1, 0.15) is 10.4 Å². The van der Waals surface area contributed by atoms with Gasteiger partial charge in [-0.2, -0.15) is 0 Å². The van der Waals surface area contributed by atoms with Gasteiger partial charge in [0.1, 0.15) is 0 Å². The molecule has 0 fully saturated rings. The van der Waals surface area contributed by atoms with Crippen LogP contribution >= 0.6 is 15.9 Å². The van der Waals surface area contributed by atoms with Crippen LogP contribution in [0.15, 0.2) is 22.7 Å². The molecule has 0 saturated heterocycles. The van der Waals surface area contributed by atoms with Gasteiger partial charge in [-0.15, -0.1) is 0 Å². The van der Waals surface area contributed by atoms with Gasteiger partial charge in [-0.1, -0.05) is 15.9 Å². The van der Waals surface area contributed by atoms with Crippen LogP contribution in [0.2, 0.25) is 0 Å². The Hall–Kier alpha value is -1.70. The summed E-state index contributed by atoms with van der Waals surface area (Å²) in [6.07, 6.45) is -2.65. The first kappa shape index (κ1) is 14.4. The highest BCUT2D eigenvalue weighted by Gasteiger charge is 2.09. The Kier molecular flexibility index (Phi) is 5.02. The number of carboxylic acids is 1. The largest absolute Gasteiger partial charge is 0.478 e. The van der Waals surface area contributed by atoms with Crippen molar-refractivity contribution in [3.63, 3.8) is 0 Å². The summed E-state index contributed by atoms with van der Waals surface area (Å²) in [6.45, 7) is -0.772. The molecule has 1 aromatic rings. The molecule has 98 valence electrons. The molecule has 0 spiro atoms. The predicted molar refractivity (Wildman–Crippen MR) is 64.1 cm³/mol. The highest BCUT2D eigenvalue weighted by Crippen LogP contribution is 2.19. The monoisotopic (exact) mass is 322 g/mol. The number of halogens is 3. The molecule has 0 aliphatic carbocycles. The van der Waals surface area contributed by atoms with E-state index in [9.17, 15) is 18.4 Å². The first-order valence-electron chi connectivity index (χ1n) is 4.75. The van der Waals surface area contributed by atoms with Crippen LogP contribution in [0.3, 0.4) is 0 Å². The van der Waals surface area contributed by atoms with Crippen molar-refractivity contribution in [3.8, 4) is 0 Å². The molecule has 1 rings (SSSR count). The van der Waals surface area contributed by atoms with E-state index in [2.05, 4.69) is 21.2 Å². The topological polar surface area (TPSA) is 78.4 Å². The van der Waals surface area contributed by atoms with Crippen LogP contribution in [0.25, 0.3) is 0 Å². The molecular weight excluding hydrogens is 314 g/mol. The molecule has 0 aromatic heterocycles.